The normalized spacial score (nSPS) is 23.3. The van der Waals surface area contributed by atoms with Crippen LogP contribution in [0.5, 0.6) is 0 Å². The van der Waals surface area contributed by atoms with Crippen molar-refractivity contribution in [1.82, 2.24) is 9.55 Å². The molecule has 1 saturated carbocycles. The van der Waals surface area contributed by atoms with Crippen LogP contribution in [0.15, 0.2) is 18.2 Å². The molecule has 0 spiro atoms. The summed E-state index contributed by atoms with van der Waals surface area (Å²) in [5.41, 5.74) is 3.61. The molecule has 1 aromatic carbocycles. The van der Waals surface area contributed by atoms with Crippen molar-refractivity contribution in [3.63, 3.8) is 0 Å². The van der Waals surface area contributed by atoms with Crippen molar-refractivity contribution in [3.8, 4) is 0 Å². The van der Waals surface area contributed by atoms with Gasteiger partial charge in [0, 0.05) is 6.54 Å². The van der Waals surface area contributed by atoms with E-state index in [-0.39, 0.29) is 0 Å². The molecule has 3 heteroatoms. The first-order valence-electron chi connectivity index (χ1n) is 7.20. The molecule has 1 aliphatic rings. The molecule has 1 heterocycles. The number of hydrogen-bond acceptors (Lipinski definition) is 1. The molecule has 2 nitrogen and oxygen atoms in total. The van der Waals surface area contributed by atoms with Gasteiger partial charge >= 0.3 is 0 Å². The van der Waals surface area contributed by atoms with Gasteiger partial charge in [0.2, 0.25) is 0 Å². The SMILES string of the molecule is Cc1ccc2nc(CCl)n(CC3CCCC3C)c2c1. The zero-order valence-corrected chi connectivity index (χ0v) is 12.5. The van der Waals surface area contributed by atoms with Crippen molar-refractivity contribution in [2.45, 2.75) is 45.5 Å². The fourth-order valence-electron chi connectivity index (χ4n) is 3.32. The molecule has 0 radical (unpaired) electrons. The Hall–Kier alpha value is -1.02. The molecule has 0 N–H and O–H groups in total. The molecule has 2 atom stereocenters. The van der Waals surface area contributed by atoms with Crippen molar-refractivity contribution >= 4 is 22.6 Å². The highest BCUT2D eigenvalue weighted by molar-refractivity contribution is 6.16. The Labute approximate surface area is 119 Å². The zero-order chi connectivity index (χ0) is 13.4. The van der Waals surface area contributed by atoms with Gasteiger partial charge < -0.3 is 4.57 Å². The van der Waals surface area contributed by atoms with Gasteiger partial charge in [0.25, 0.3) is 0 Å². The van der Waals surface area contributed by atoms with Crippen LogP contribution >= 0.6 is 11.6 Å². The third kappa shape index (κ3) is 2.38. The third-order valence-electron chi connectivity index (χ3n) is 4.56. The number of hydrogen-bond donors (Lipinski definition) is 0. The van der Waals surface area contributed by atoms with Crippen LogP contribution in [-0.4, -0.2) is 9.55 Å². The van der Waals surface area contributed by atoms with Crippen molar-refractivity contribution in [3.05, 3.63) is 29.6 Å². The molecular formula is C16H21ClN2. The molecule has 1 fully saturated rings. The van der Waals surface area contributed by atoms with Gasteiger partial charge in [-0.1, -0.05) is 25.8 Å². The summed E-state index contributed by atoms with van der Waals surface area (Å²) in [7, 11) is 0. The molecular weight excluding hydrogens is 256 g/mol. The van der Waals surface area contributed by atoms with Gasteiger partial charge in [0.15, 0.2) is 0 Å². The van der Waals surface area contributed by atoms with Crippen LogP contribution in [0.3, 0.4) is 0 Å². The van der Waals surface area contributed by atoms with Crippen LogP contribution in [0.25, 0.3) is 11.0 Å². The third-order valence-corrected chi connectivity index (χ3v) is 4.80. The summed E-state index contributed by atoms with van der Waals surface area (Å²) in [5, 5.41) is 0. The largest absolute Gasteiger partial charge is 0.327 e. The fraction of sp³-hybridized carbons (Fsp3) is 0.562. The van der Waals surface area contributed by atoms with Crippen LogP contribution in [0.2, 0.25) is 0 Å². The predicted molar refractivity (Wildman–Crippen MR) is 80.5 cm³/mol. The van der Waals surface area contributed by atoms with E-state index in [2.05, 4.69) is 41.6 Å². The summed E-state index contributed by atoms with van der Waals surface area (Å²) in [6, 6.07) is 6.46. The molecule has 0 aliphatic heterocycles. The lowest BCUT2D eigenvalue weighted by Gasteiger charge is -2.18. The Morgan fingerprint density at radius 3 is 2.89 bits per heavy atom. The lowest BCUT2D eigenvalue weighted by atomic mass is 9.98. The number of nitrogens with zero attached hydrogens (tertiary/aromatic N) is 2. The second-order valence-corrected chi connectivity index (χ2v) is 6.20. The van der Waals surface area contributed by atoms with E-state index < -0.39 is 0 Å². The molecule has 19 heavy (non-hydrogen) atoms. The minimum Gasteiger partial charge on any atom is -0.327 e. The molecule has 0 bridgehead atoms. The number of aryl methyl sites for hydroxylation is 1. The zero-order valence-electron chi connectivity index (χ0n) is 11.7. The van der Waals surface area contributed by atoms with E-state index in [0.29, 0.717) is 5.88 Å². The highest BCUT2D eigenvalue weighted by Gasteiger charge is 2.25. The maximum atomic E-state index is 6.08. The van der Waals surface area contributed by atoms with E-state index in [9.17, 15) is 0 Å². The maximum Gasteiger partial charge on any atom is 0.124 e. The highest BCUT2D eigenvalue weighted by Crippen LogP contribution is 2.33. The first-order valence-corrected chi connectivity index (χ1v) is 7.74. The van der Waals surface area contributed by atoms with Gasteiger partial charge in [-0.25, -0.2) is 4.98 Å². The average Bonchev–Trinajstić information content (AvgIpc) is 2.95. The lowest BCUT2D eigenvalue weighted by Crippen LogP contribution is -2.14. The van der Waals surface area contributed by atoms with E-state index in [1.807, 2.05) is 0 Å². The lowest BCUT2D eigenvalue weighted by molar-refractivity contribution is 0.364. The molecule has 0 amide bonds. The summed E-state index contributed by atoms with van der Waals surface area (Å²) in [6.45, 7) is 5.58. The van der Waals surface area contributed by atoms with Crippen LogP contribution in [0, 0.1) is 18.8 Å². The monoisotopic (exact) mass is 276 g/mol. The number of rotatable bonds is 3. The molecule has 102 valence electrons. The number of fused-ring (bicyclic) bond motifs is 1. The summed E-state index contributed by atoms with van der Waals surface area (Å²) >= 11 is 6.08. The molecule has 2 unspecified atom stereocenters. The van der Waals surface area contributed by atoms with Gasteiger partial charge in [-0.2, -0.15) is 0 Å². The van der Waals surface area contributed by atoms with Crippen molar-refractivity contribution < 1.29 is 0 Å². The second-order valence-electron chi connectivity index (χ2n) is 5.93. The first-order chi connectivity index (χ1) is 9.19. The molecule has 1 aliphatic carbocycles. The Kier molecular flexibility index (Phi) is 3.53. The number of benzene rings is 1. The number of imidazole rings is 1. The first kappa shape index (κ1) is 13.0. The van der Waals surface area contributed by atoms with Crippen LogP contribution < -0.4 is 0 Å². The number of halogens is 1. The Morgan fingerprint density at radius 2 is 2.21 bits per heavy atom. The summed E-state index contributed by atoms with van der Waals surface area (Å²) < 4.78 is 2.35. The average molecular weight is 277 g/mol. The fourth-order valence-corrected chi connectivity index (χ4v) is 3.52. The van der Waals surface area contributed by atoms with Crippen LogP contribution in [0.4, 0.5) is 0 Å². The van der Waals surface area contributed by atoms with E-state index in [1.165, 1.54) is 30.3 Å². The molecule has 1 aromatic heterocycles. The minimum atomic E-state index is 0.495. The van der Waals surface area contributed by atoms with Crippen molar-refractivity contribution in [2.24, 2.45) is 11.8 Å². The van der Waals surface area contributed by atoms with Gasteiger partial charge in [-0.05, 0) is 42.9 Å². The van der Waals surface area contributed by atoms with Gasteiger partial charge in [0.05, 0.1) is 16.9 Å². The van der Waals surface area contributed by atoms with E-state index in [1.54, 1.807) is 0 Å². The van der Waals surface area contributed by atoms with Gasteiger partial charge in [0.1, 0.15) is 5.82 Å². The summed E-state index contributed by atoms with van der Waals surface area (Å²) in [5.74, 6) is 3.11. The number of aromatic nitrogens is 2. The summed E-state index contributed by atoms with van der Waals surface area (Å²) in [4.78, 5) is 4.67. The minimum absolute atomic E-state index is 0.495. The van der Waals surface area contributed by atoms with Crippen LogP contribution in [0.1, 0.15) is 37.6 Å². The maximum absolute atomic E-state index is 6.08. The summed E-state index contributed by atoms with van der Waals surface area (Å²) in [6.07, 6.45) is 4.08. The van der Waals surface area contributed by atoms with E-state index in [4.69, 9.17) is 11.6 Å². The van der Waals surface area contributed by atoms with E-state index in [0.717, 1.165) is 29.7 Å². The van der Waals surface area contributed by atoms with E-state index >= 15 is 0 Å². The highest BCUT2D eigenvalue weighted by atomic mass is 35.5. The van der Waals surface area contributed by atoms with Crippen molar-refractivity contribution in [1.29, 1.82) is 0 Å². The number of alkyl halides is 1. The smallest absolute Gasteiger partial charge is 0.124 e. The quantitative estimate of drug-likeness (QED) is 0.754. The molecule has 3 rings (SSSR count). The van der Waals surface area contributed by atoms with Crippen molar-refractivity contribution in [2.75, 3.05) is 0 Å². The standard InChI is InChI=1S/C16H21ClN2/c1-11-6-7-14-15(8-11)19(16(9-17)18-14)10-13-5-3-4-12(13)2/h6-8,12-13H,3-5,9-10H2,1-2H3. The topological polar surface area (TPSA) is 17.8 Å². The van der Waals surface area contributed by atoms with Gasteiger partial charge in [-0.3, -0.25) is 0 Å². The predicted octanol–water partition coefficient (Wildman–Crippen LogP) is 4.52. The Bertz CT molecular complexity index is 588. The second kappa shape index (κ2) is 5.16. The molecule has 0 saturated heterocycles. The van der Waals surface area contributed by atoms with Gasteiger partial charge in [-0.15, -0.1) is 11.6 Å². The van der Waals surface area contributed by atoms with Crippen LogP contribution in [-0.2, 0) is 12.4 Å². The Morgan fingerprint density at radius 1 is 1.37 bits per heavy atom. The molecule has 2 aromatic rings. The Balaban J connectivity index is 2.02.